The summed E-state index contributed by atoms with van der Waals surface area (Å²) in [5, 5.41) is 2.82. The van der Waals surface area contributed by atoms with E-state index in [0.717, 1.165) is 24.2 Å². The van der Waals surface area contributed by atoms with E-state index >= 15 is 0 Å². The molecule has 0 atom stereocenters. The Balaban J connectivity index is 2.00. The van der Waals surface area contributed by atoms with Gasteiger partial charge in [0.15, 0.2) is 0 Å². The van der Waals surface area contributed by atoms with Gasteiger partial charge in [0.2, 0.25) is 0 Å². The highest BCUT2D eigenvalue weighted by Gasteiger charge is 2.08. The topological polar surface area (TPSA) is 64.3 Å². The number of nitrogen functional groups attached to an aromatic ring is 1. The van der Waals surface area contributed by atoms with E-state index in [2.05, 4.69) is 12.2 Å². The molecule has 0 heterocycles. The zero-order valence-electron chi connectivity index (χ0n) is 13.1. The number of anilines is 2. The number of nitrogens with one attached hydrogen (secondary N) is 1. The van der Waals surface area contributed by atoms with E-state index in [1.54, 1.807) is 12.1 Å². The van der Waals surface area contributed by atoms with Crippen molar-refractivity contribution < 1.29 is 9.53 Å². The first-order chi connectivity index (χ1) is 10.6. The normalized spacial score (nSPS) is 10.3. The summed E-state index contributed by atoms with van der Waals surface area (Å²) in [7, 11) is 0. The van der Waals surface area contributed by atoms with Crippen molar-refractivity contribution in [1.29, 1.82) is 0 Å². The molecule has 0 saturated heterocycles. The molecule has 116 valence electrons. The third-order valence-corrected chi connectivity index (χ3v) is 3.34. The summed E-state index contributed by atoms with van der Waals surface area (Å²) in [6.07, 6.45) is 2.12. The van der Waals surface area contributed by atoms with Crippen LogP contribution in [-0.2, 0) is 0 Å². The maximum Gasteiger partial charge on any atom is 0.255 e. The summed E-state index contributed by atoms with van der Waals surface area (Å²) in [6, 6.07) is 12.7. The average molecular weight is 298 g/mol. The van der Waals surface area contributed by atoms with Gasteiger partial charge in [0.25, 0.3) is 5.91 Å². The molecule has 4 heteroatoms. The molecule has 0 aromatic heterocycles. The van der Waals surface area contributed by atoms with E-state index in [4.69, 9.17) is 10.5 Å². The number of aryl methyl sites for hydroxylation is 1. The first kappa shape index (κ1) is 15.9. The van der Waals surface area contributed by atoms with Crippen molar-refractivity contribution in [3.05, 3.63) is 53.6 Å². The fourth-order valence-electron chi connectivity index (χ4n) is 2.03. The number of rotatable bonds is 6. The van der Waals surface area contributed by atoms with Crippen LogP contribution in [0.15, 0.2) is 42.5 Å². The van der Waals surface area contributed by atoms with E-state index in [-0.39, 0.29) is 5.91 Å². The molecule has 0 saturated carbocycles. The number of hydrogen-bond acceptors (Lipinski definition) is 3. The predicted octanol–water partition coefficient (Wildman–Crippen LogP) is 4.01. The fraction of sp³-hybridized carbons (Fsp3) is 0.278. The number of unbranched alkanes of at least 4 members (excludes halogenated alkanes) is 1. The van der Waals surface area contributed by atoms with Gasteiger partial charge in [-0.3, -0.25) is 4.79 Å². The van der Waals surface area contributed by atoms with Crippen molar-refractivity contribution in [2.45, 2.75) is 26.7 Å². The van der Waals surface area contributed by atoms with Crippen LogP contribution in [0.1, 0.15) is 35.7 Å². The second kappa shape index (κ2) is 7.50. The van der Waals surface area contributed by atoms with Crippen molar-refractivity contribution in [2.75, 3.05) is 17.7 Å². The maximum absolute atomic E-state index is 12.2. The zero-order chi connectivity index (χ0) is 15.9. The van der Waals surface area contributed by atoms with Crippen LogP contribution in [0.5, 0.6) is 5.75 Å². The quantitative estimate of drug-likeness (QED) is 0.625. The Bertz CT molecular complexity index is 636. The van der Waals surface area contributed by atoms with Crippen molar-refractivity contribution in [3.8, 4) is 5.75 Å². The molecule has 0 aliphatic heterocycles. The number of benzene rings is 2. The molecule has 22 heavy (non-hydrogen) atoms. The lowest BCUT2D eigenvalue weighted by Gasteiger charge is -2.10. The summed E-state index contributed by atoms with van der Waals surface area (Å²) in [4.78, 5) is 12.2. The Hall–Kier alpha value is -2.49. The van der Waals surface area contributed by atoms with Crippen LogP contribution in [0.4, 0.5) is 11.4 Å². The van der Waals surface area contributed by atoms with Crippen molar-refractivity contribution in [2.24, 2.45) is 0 Å². The van der Waals surface area contributed by atoms with Crippen LogP contribution < -0.4 is 15.8 Å². The van der Waals surface area contributed by atoms with Gasteiger partial charge in [0.1, 0.15) is 5.75 Å². The highest BCUT2D eigenvalue weighted by molar-refractivity contribution is 6.05. The van der Waals surface area contributed by atoms with Gasteiger partial charge in [-0.05, 0) is 55.3 Å². The molecule has 4 nitrogen and oxygen atoms in total. The minimum atomic E-state index is -0.185. The van der Waals surface area contributed by atoms with E-state index in [1.165, 1.54) is 0 Å². The molecule has 0 unspecified atom stereocenters. The van der Waals surface area contributed by atoms with Crippen LogP contribution in [0, 0.1) is 6.92 Å². The standard InChI is InChI=1S/C18H22N2O2/c1-3-4-11-22-15-8-6-14(7-9-15)18(21)20-17-10-5-13(2)12-16(17)19/h5-10,12H,3-4,11,19H2,1-2H3,(H,20,21). The van der Waals surface area contributed by atoms with Crippen LogP contribution in [0.2, 0.25) is 0 Å². The Labute approximate surface area is 131 Å². The molecule has 2 aromatic carbocycles. The minimum absolute atomic E-state index is 0.185. The van der Waals surface area contributed by atoms with E-state index in [9.17, 15) is 4.79 Å². The van der Waals surface area contributed by atoms with Gasteiger partial charge in [-0.25, -0.2) is 0 Å². The predicted molar refractivity (Wildman–Crippen MR) is 90.4 cm³/mol. The number of hydrogen-bond donors (Lipinski definition) is 2. The molecule has 2 aromatic rings. The SMILES string of the molecule is CCCCOc1ccc(C(=O)Nc2ccc(C)cc2N)cc1. The fourth-order valence-corrected chi connectivity index (χ4v) is 2.03. The monoisotopic (exact) mass is 298 g/mol. The molecular weight excluding hydrogens is 276 g/mol. The Morgan fingerprint density at radius 2 is 1.91 bits per heavy atom. The molecule has 3 N–H and O–H groups in total. The van der Waals surface area contributed by atoms with E-state index in [0.29, 0.717) is 23.5 Å². The van der Waals surface area contributed by atoms with Crippen LogP contribution >= 0.6 is 0 Å². The summed E-state index contributed by atoms with van der Waals surface area (Å²) < 4.78 is 5.58. The van der Waals surface area contributed by atoms with Gasteiger partial charge < -0.3 is 15.8 Å². The molecule has 2 rings (SSSR count). The highest BCUT2D eigenvalue weighted by atomic mass is 16.5. The molecule has 0 radical (unpaired) electrons. The molecule has 0 aliphatic rings. The number of ether oxygens (including phenoxy) is 1. The van der Waals surface area contributed by atoms with Crippen molar-refractivity contribution in [3.63, 3.8) is 0 Å². The molecule has 0 fully saturated rings. The Morgan fingerprint density at radius 1 is 1.18 bits per heavy atom. The summed E-state index contributed by atoms with van der Waals surface area (Å²) in [6.45, 7) is 4.77. The van der Waals surface area contributed by atoms with E-state index in [1.807, 2.05) is 37.3 Å². The number of carbonyl (C=O) groups excluding carboxylic acids is 1. The van der Waals surface area contributed by atoms with E-state index < -0.39 is 0 Å². The van der Waals surface area contributed by atoms with Gasteiger partial charge in [0.05, 0.1) is 18.0 Å². The summed E-state index contributed by atoms with van der Waals surface area (Å²) in [5.41, 5.74) is 8.72. The Morgan fingerprint density at radius 3 is 2.55 bits per heavy atom. The van der Waals surface area contributed by atoms with Crippen LogP contribution in [0.3, 0.4) is 0 Å². The molecule has 0 bridgehead atoms. The van der Waals surface area contributed by atoms with Crippen molar-refractivity contribution >= 4 is 17.3 Å². The molecule has 0 aliphatic carbocycles. The summed E-state index contributed by atoms with van der Waals surface area (Å²) in [5.74, 6) is 0.593. The second-order valence-electron chi connectivity index (χ2n) is 5.27. The largest absolute Gasteiger partial charge is 0.494 e. The average Bonchev–Trinajstić information content (AvgIpc) is 2.51. The second-order valence-corrected chi connectivity index (χ2v) is 5.27. The van der Waals surface area contributed by atoms with Gasteiger partial charge in [0, 0.05) is 5.56 Å². The van der Waals surface area contributed by atoms with Gasteiger partial charge >= 0.3 is 0 Å². The third-order valence-electron chi connectivity index (χ3n) is 3.34. The van der Waals surface area contributed by atoms with Gasteiger partial charge in [-0.1, -0.05) is 19.4 Å². The van der Waals surface area contributed by atoms with Gasteiger partial charge in [-0.15, -0.1) is 0 Å². The zero-order valence-corrected chi connectivity index (χ0v) is 13.1. The first-order valence-corrected chi connectivity index (χ1v) is 7.50. The molecule has 0 spiro atoms. The number of amides is 1. The lowest BCUT2D eigenvalue weighted by Crippen LogP contribution is -2.13. The lowest BCUT2D eigenvalue weighted by molar-refractivity contribution is 0.102. The highest BCUT2D eigenvalue weighted by Crippen LogP contribution is 2.21. The smallest absolute Gasteiger partial charge is 0.255 e. The number of carbonyl (C=O) groups is 1. The van der Waals surface area contributed by atoms with Gasteiger partial charge in [-0.2, -0.15) is 0 Å². The Kier molecular flexibility index (Phi) is 5.42. The first-order valence-electron chi connectivity index (χ1n) is 7.50. The molecule has 1 amide bonds. The number of nitrogens with two attached hydrogens (primary N) is 1. The molecular formula is C18H22N2O2. The van der Waals surface area contributed by atoms with Crippen molar-refractivity contribution in [1.82, 2.24) is 0 Å². The lowest BCUT2D eigenvalue weighted by atomic mass is 10.1. The summed E-state index contributed by atoms with van der Waals surface area (Å²) >= 11 is 0. The maximum atomic E-state index is 12.2. The van der Waals surface area contributed by atoms with Crippen LogP contribution in [0.25, 0.3) is 0 Å². The minimum Gasteiger partial charge on any atom is -0.494 e. The van der Waals surface area contributed by atoms with Crippen LogP contribution in [-0.4, -0.2) is 12.5 Å². The third kappa shape index (κ3) is 4.25.